The zero-order chi connectivity index (χ0) is 19.4. The quantitative estimate of drug-likeness (QED) is 0.764. The number of nitrogens with one attached hydrogen (secondary N) is 1. The van der Waals surface area contributed by atoms with E-state index in [0.717, 1.165) is 0 Å². The van der Waals surface area contributed by atoms with Crippen molar-refractivity contribution in [2.75, 3.05) is 21.3 Å². The molecule has 1 aliphatic rings. The number of carboxylic acids is 1. The van der Waals surface area contributed by atoms with Crippen molar-refractivity contribution in [3.8, 4) is 17.6 Å². The van der Waals surface area contributed by atoms with Gasteiger partial charge in [-0.2, -0.15) is 5.26 Å². The first-order chi connectivity index (χ1) is 12.4. The second kappa shape index (κ2) is 7.61. The maximum absolute atomic E-state index is 12.3. The second-order valence-electron chi connectivity index (χ2n) is 5.41. The summed E-state index contributed by atoms with van der Waals surface area (Å²) < 4.78 is 15.2. The normalized spacial score (nSPS) is 16.5. The van der Waals surface area contributed by atoms with Gasteiger partial charge in [-0.3, -0.25) is 0 Å². The number of carbonyl (C=O) groups excluding carboxylic acids is 1. The van der Waals surface area contributed by atoms with Gasteiger partial charge in [-0.25, -0.2) is 9.59 Å². The van der Waals surface area contributed by atoms with Crippen molar-refractivity contribution in [3.05, 3.63) is 46.3 Å². The summed E-state index contributed by atoms with van der Waals surface area (Å²) in [5.41, 5.74) is 0.525. The molecule has 0 radical (unpaired) electrons. The van der Waals surface area contributed by atoms with E-state index in [1.54, 1.807) is 18.2 Å². The molecule has 8 nitrogen and oxygen atoms in total. The lowest BCUT2D eigenvalue weighted by molar-refractivity contribution is -0.136. The van der Waals surface area contributed by atoms with Crippen molar-refractivity contribution >= 4 is 11.9 Å². The number of hydrogen-bond donors (Lipinski definition) is 2. The van der Waals surface area contributed by atoms with Gasteiger partial charge in [0.25, 0.3) is 0 Å². The lowest BCUT2D eigenvalue weighted by Gasteiger charge is -2.28. The summed E-state index contributed by atoms with van der Waals surface area (Å²) in [5.74, 6) is -2.19. The van der Waals surface area contributed by atoms with Gasteiger partial charge in [0.1, 0.15) is 11.8 Å². The van der Waals surface area contributed by atoms with Crippen LogP contribution in [0.5, 0.6) is 11.5 Å². The standard InChI is InChI=1S/C18H18N2O6/c1-9-14(17(21)22)15(16(18(23)26-4)11(8-19)20-9)10-5-6-12(24-2)13(7-10)25-3/h5-7,15,20H,1-4H3,(H,21,22). The van der Waals surface area contributed by atoms with Crippen molar-refractivity contribution < 1.29 is 28.9 Å². The van der Waals surface area contributed by atoms with Gasteiger partial charge >= 0.3 is 11.9 Å². The van der Waals surface area contributed by atoms with Crippen LogP contribution in [0.1, 0.15) is 18.4 Å². The smallest absolute Gasteiger partial charge is 0.337 e. The first kappa shape index (κ1) is 18.9. The third-order valence-corrected chi connectivity index (χ3v) is 4.05. The number of benzene rings is 1. The molecule has 2 rings (SSSR count). The molecule has 0 saturated carbocycles. The fourth-order valence-corrected chi connectivity index (χ4v) is 2.89. The fraction of sp³-hybridized carbons (Fsp3) is 0.278. The largest absolute Gasteiger partial charge is 0.493 e. The van der Waals surface area contributed by atoms with Crippen LogP contribution < -0.4 is 14.8 Å². The molecule has 26 heavy (non-hydrogen) atoms. The van der Waals surface area contributed by atoms with Gasteiger partial charge in [-0.05, 0) is 24.6 Å². The van der Waals surface area contributed by atoms with E-state index in [4.69, 9.17) is 14.2 Å². The molecule has 0 bridgehead atoms. The molecule has 1 aromatic rings. The Bertz CT molecular complexity index is 863. The van der Waals surface area contributed by atoms with Crippen LogP contribution in [0.4, 0.5) is 0 Å². The molecule has 1 aromatic carbocycles. The van der Waals surface area contributed by atoms with Gasteiger partial charge in [-0.15, -0.1) is 0 Å². The predicted molar refractivity (Wildman–Crippen MR) is 90.4 cm³/mol. The predicted octanol–water partition coefficient (Wildman–Crippen LogP) is 1.70. The molecule has 0 fully saturated rings. The molecule has 0 aliphatic carbocycles. The van der Waals surface area contributed by atoms with Crippen LogP contribution in [0.3, 0.4) is 0 Å². The summed E-state index contributed by atoms with van der Waals surface area (Å²) >= 11 is 0. The number of hydrogen-bond acceptors (Lipinski definition) is 7. The van der Waals surface area contributed by atoms with Gasteiger partial charge < -0.3 is 24.6 Å². The fourth-order valence-electron chi connectivity index (χ4n) is 2.89. The van der Waals surface area contributed by atoms with E-state index in [1.165, 1.54) is 28.3 Å². The number of allylic oxidation sites excluding steroid dienone is 2. The summed E-state index contributed by atoms with van der Waals surface area (Å²) in [6, 6.07) is 6.69. The van der Waals surface area contributed by atoms with E-state index in [9.17, 15) is 20.0 Å². The Kier molecular flexibility index (Phi) is 5.52. The molecule has 0 saturated heterocycles. The number of carboxylic acid groups (broad SMARTS) is 1. The van der Waals surface area contributed by atoms with Crippen molar-refractivity contribution in [2.24, 2.45) is 0 Å². The van der Waals surface area contributed by atoms with E-state index >= 15 is 0 Å². The Morgan fingerprint density at radius 2 is 1.81 bits per heavy atom. The number of nitrogens with zero attached hydrogens (tertiary/aromatic N) is 1. The molecule has 8 heteroatoms. The molecule has 1 unspecified atom stereocenters. The lowest BCUT2D eigenvalue weighted by atomic mass is 9.80. The molecule has 1 aliphatic heterocycles. The summed E-state index contributed by atoms with van der Waals surface area (Å²) in [6.45, 7) is 1.53. The van der Waals surface area contributed by atoms with Gasteiger partial charge in [0.05, 0.1) is 38.4 Å². The minimum Gasteiger partial charge on any atom is -0.493 e. The van der Waals surface area contributed by atoms with Crippen LogP contribution in [-0.2, 0) is 14.3 Å². The Morgan fingerprint density at radius 1 is 1.15 bits per heavy atom. The molecule has 0 spiro atoms. The highest BCUT2D eigenvalue weighted by Crippen LogP contribution is 2.41. The van der Waals surface area contributed by atoms with Gasteiger partial charge in [0.15, 0.2) is 11.5 Å². The van der Waals surface area contributed by atoms with Crippen LogP contribution in [-0.4, -0.2) is 38.4 Å². The van der Waals surface area contributed by atoms with Crippen molar-refractivity contribution in [1.29, 1.82) is 5.26 Å². The zero-order valence-electron chi connectivity index (χ0n) is 14.7. The zero-order valence-corrected chi connectivity index (χ0v) is 14.7. The minimum absolute atomic E-state index is 0.0564. The number of methoxy groups -OCH3 is 3. The van der Waals surface area contributed by atoms with Crippen LogP contribution in [0.25, 0.3) is 0 Å². The molecule has 1 atom stereocenters. The van der Waals surface area contributed by atoms with Crippen LogP contribution in [0.15, 0.2) is 40.7 Å². The molecule has 136 valence electrons. The Morgan fingerprint density at radius 3 is 2.31 bits per heavy atom. The minimum atomic E-state index is -1.21. The number of aliphatic carboxylic acids is 1. The van der Waals surface area contributed by atoms with Crippen molar-refractivity contribution in [3.63, 3.8) is 0 Å². The average Bonchev–Trinajstić information content (AvgIpc) is 2.65. The van der Waals surface area contributed by atoms with Gasteiger partial charge in [-0.1, -0.05) is 6.07 Å². The van der Waals surface area contributed by atoms with Gasteiger partial charge in [0.2, 0.25) is 0 Å². The highest BCUT2D eigenvalue weighted by molar-refractivity contribution is 5.99. The van der Waals surface area contributed by atoms with E-state index in [0.29, 0.717) is 17.1 Å². The number of carbonyl (C=O) groups is 2. The maximum Gasteiger partial charge on any atom is 0.337 e. The number of rotatable bonds is 5. The first-order valence-corrected chi connectivity index (χ1v) is 7.55. The molecular formula is C18H18N2O6. The third-order valence-electron chi connectivity index (χ3n) is 4.05. The highest BCUT2D eigenvalue weighted by atomic mass is 16.5. The van der Waals surface area contributed by atoms with E-state index < -0.39 is 17.9 Å². The van der Waals surface area contributed by atoms with Crippen molar-refractivity contribution in [1.82, 2.24) is 5.32 Å². The summed E-state index contributed by atoms with van der Waals surface area (Å²) in [6.07, 6.45) is 0. The molecule has 1 heterocycles. The Balaban J connectivity index is 2.77. The summed E-state index contributed by atoms with van der Waals surface area (Å²) in [7, 11) is 4.09. The van der Waals surface area contributed by atoms with E-state index in [-0.39, 0.29) is 22.5 Å². The van der Waals surface area contributed by atoms with E-state index in [2.05, 4.69) is 5.32 Å². The molecule has 0 aromatic heterocycles. The van der Waals surface area contributed by atoms with Gasteiger partial charge in [0, 0.05) is 5.70 Å². The summed E-state index contributed by atoms with van der Waals surface area (Å²) in [5, 5.41) is 21.8. The number of nitriles is 1. The number of ether oxygens (including phenoxy) is 3. The van der Waals surface area contributed by atoms with Crippen LogP contribution in [0.2, 0.25) is 0 Å². The van der Waals surface area contributed by atoms with E-state index in [1.807, 2.05) is 6.07 Å². The topological polar surface area (TPSA) is 118 Å². The molecule has 0 amide bonds. The number of esters is 1. The first-order valence-electron chi connectivity index (χ1n) is 7.55. The molecular weight excluding hydrogens is 340 g/mol. The van der Waals surface area contributed by atoms with Crippen LogP contribution in [0, 0.1) is 11.3 Å². The summed E-state index contributed by atoms with van der Waals surface area (Å²) in [4.78, 5) is 24.2. The third kappa shape index (κ3) is 3.19. The second-order valence-corrected chi connectivity index (χ2v) is 5.41. The monoisotopic (exact) mass is 358 g/mol. The Hall–Kier alpha value is -3.47. The number of dihydropyridines is 1. The average molecular weight is 358 g/mol. The lowest BCUT2D eigenvalue weighted by Crippen LogP contribution is -2.32. The highest BCUT2D eigenvalue weighted by Gasteiger charge is 2.38. The SMILES string of the molecule is COC(=O)C1=C(C#N)NC(C)=C(C(=O)O)C1c1ccc(OC)c(OC)c1. The Labute approximate surface area is 150 Å². The molecule has 2 N–H and O–H groups in total. The maximum atomic E-state index is 12.3. The van der Waals surface area contributed by atoms with Crippen molar-refractivity contribution in [2.45, 2.75) is 12.8 Å². The van der Waals surface area contributed by atoms with Crippen LogP contribution >= 0.6 is 0 Å².